The summed E-state index contributed by atoms with van der Waals surface area (Å²) in [4.78, 5) is 30.9. The normalized spacial score (nSPS) is 14.8. The fourth-order valence-corrected chi connectivity index (χ4v) is 4.66. The Morgan fingerprint density at radius 2 is 1.62 bits per heavy atom. The van der Waals surface area contributed by atoms with Crippen molar-refractivity contribution in [3.63, 3.8) is 0 Å². The van der Waals surface area contributed by atoms with Gasteiger partial charge in [0.25, 0.3) is 11.8 Å². The van der Waals surface area contributed by atoms with Gasteiger partial charge in [-0.1, -0.05) is 36.4 Å². The van der Waals surface area contributed by atoms with Gasteiger partial charge in [0, 0.05) is 17.6 Å². The SMILES string of the molecule is O=C1c2ccccc2C(=O)N1CCCSCC1=Nc2cccc3cccc(c23)N1. The van der Waals surface area contributed by atoms with Gasteiger partial charge in [0.15, 0.2) is 0 Å². The molecular weight excluding hydrogens is 382 g/mol. The second kappa shape index (κ2) is 7.37. The van der Waals surface area contributed by atoms with Crippen LogP contribution in [-0.2, 0) is 0 Å². The summed E-state index contributed by atoms with van der Waals surface area (Å²) in [5.41, 5.74) is 3.12. The smallest absolute Gasteiger partial charge is 0.261 e. The van der Waals surface area contributed by atoms with Crippen LogP contribution in [0.4, 0.5) is 11.4 Å². The summed E-state index contributed by atoms with van der Waals surface area (Å²) in [5, 5.41) is 5.78. The van der Waals surface area contributed by atoms with Crippen molar-refractivity contribution in [3.8, 4) is 0 Å². The third kappa shape index (κ3) is 3.19. The number of amidine groups is 1. The number of aliphatic imine (C=N–C) groups is 1. The van der Waals surface area contributed by atoms with Crippen molar-refractivity contribution >= 4 is 51.6 Å². The predicted molar refractivity (Wildman–Crippen MR) is 118 cm³/mol. The van der Waals surface area contributed by atoms with Crippen molar-refractivity contribution in [2.45, 2.75) is 6.42 Å². The molecule has 29 heavy (non-hydrogen) atoms. The second-order valence-corrected chi connectivity index (χ2v) is 8.18. The highest BCUT2D eigenvalue weighted by molar-refractivity contribution is 7.99. The third-order valence-corrected chi connectivity index (χ3v) is 6.26. The van der Waals surface area contributed by atoms with Crippen LogP contribution in [0.1, 0.15) is 27.1 Å². The van der Waals surface area contributed by atoms with E-state index < -0.39 is 0 Å². The molecule has 0 atom stereocenters. The Morgan fingerprint density at radius 3 is 2.38 bits per heavy atom. The molecule has 2 aliphatic rings. The van der Waals surface area contributed by atoms with Crippen LogP contribution in [0.5, 0.6) is 0 Å². The van der Waals surface area contributed by atoms with Crippen LogP contribution in [-0.4, -0.2) is 40.6 Å². The van der Waals surface area contributed by atoms with E-state index in [0.29, 0.717) is 17.7 Å². The van der Waals surface area contributed by atoms with E-state index in [1.807, 2.05) is 18.2 Å². The van der Waals surface area contributed by atoms with Gasteiger partial charge in [-0.3, -0.25) is 14.5 Å². The summed E-state index contributed by atoms with van der Waals surface area (Å²) >= 11 is 1.75. The van der Waals surface area contributed by atoms with E-state index in [0.717, 1.165) is 40.5 Å². The zero-order valence-corrected chi connectivity index (χ0v) is 16.5. The Hall–Kier alpha value is -3.12. The van der Waals surface area contributed by atoms with Gasteiger partial charge in [0.05, 0.1) is 22.6 Å². The molecule has 5 nitrogen and oxygen atoms in total. The number of carbonyl (C=O) groups is 2. The summed E-state index contributed by atoms with van der Waals surface area (Å²) in [6.07, 6.45) is 0.760. The first kappa shape index (κ1) is 17.9. The molecule has 2 heterocycles. The largest absolute Gasteiger partial charge is 0.342 e. The Bertz CT molecular complexity index is 1130. The number of anilines is 1. The number of nitrogens with zero attached hydrogens (tertiary/aromatic N) is 2. The minimum absolute atomic E-state index is 0.182. The highest BCUT2D eigenvalue weighted by Gasteiger charge is 2.34. The summed E-state index contributed by atoms with van der Waals surface area (Å²) in [6.45, 7) is 0.446. The van der Waals surface area contributed by atoms with Crippen molar-refractivity contribution in [2.24, 2.45) is 4.99 Å². The number of thioether (sulfide) groups is 1. The first-order valence-corrected chi connectivity index (χ1v) is 10.8. The number of imide groups is 1. The quantitative estimate of drug-likeness (QED) is 0.480. The van der Waals surface area contributed by atoms with Gasteiger partial charge in [0.2, 0.25) is 0 Å². The van der Waals surface area contributed by atoms with Gasteiger partial charge in [-0.25, -0.2) is 4.99 Å². The predicted octanol–water partition coefficient (Wildman–Crippen LogP) is 4.71. The summed E-state index contributed by atoms with van der Waals surface area (Å²) in [5.74, 6) is 2.17. The van der Waals surface area contributed by atoms with Crippen molar-refractivity contribution < 1.29 is 9.59 Å². The van der Waals surface area contributed by atoms with Crippen LogP contribution in [0.2, 0.25) is 0 Å². The molecule has 0 bridgehead atoms. The molecule has 5 rings (SSSR count). The molecule has 0 aromatic heterocycles. The number of rotatable bonds is 6. The molecule has 2 amide bonds. The lowest BCUT2D eigenvalue weighted by Gasteiger charge is -2.19. The van der Waals surface area contributed by atoms with Crippen LogP contribution in [0.25, 0.3) is 10.8 Å². The van der Waals surface area contributed by atoms with E-state index >= 15 is 0 Å². The van der Waals surface area contributed by atoms with E-state index in [1.54, 1.807) is 36.0 Å². The minimum atomic E-state index is -0.182. The fourth-order valence-electron chi connectivity index (χ4n) is 3.85. The Kier molecular flexibility index (Phi) is 4.56. The average Bonchev–Trinajstić information content (AvgIpc) is 2.99. The first-order valence-electron chi connectivity index (χ1n) is 9.62. The molecule has 0 fully saturated rings. The molecule has 144 valence electrons. The average molecular weight is 401 g/mol. The lowest BCUT2D eigenvalue weighted by Crippen LogP contribution is -2.31. The molecule has 0 radical (unpaired) electrons. The molecule has 0 spiro atoms. The molecule has 0 saturated carbocycles. The minimum Gasteiger partial charge on any atom is -0.342 e. The molecule has 0 aliphatic carbocycles. The highest BCUT2D eigenvalue weighted by Crippen LogP contribution is 2.35. The molecule has 0 unspecified atom stereocenters. The van der Waals surface area contributed by atoms with Crippen molar-refractivity contribution in [3.05, 3.63) is 71.8 Å². The Morgan fingerprint density at radius 1 is 0.897 bits per heavy atom. The van der Waals surface area contributed by atoms with Gasteiger partial charge in [-0.2, -0.15) is 11.8 Å². The van der Waals surface area contributed by atoms with E-state index in [-0.39, 0.29) is 11.8 Å². The monoisotopic (exact) mass is 401 g/mol. The lowest BCUT2D eigenvalue weighted by atomic mass is 10.1. The molecule has 1 N–H and O–H groups in total. The topological polar surface area (TPSA) is 61.8 Å². The number of carbonyl (C=O) groups excluding carboxylic acids is 2. The van der Waals surface area contributed by atoms with Crippen molar-refractivity contribution in [1.29, 1.82) is 0 Å². The second-order valence-electron chi connectivity index (χ2n) is 7.08. The molecule has 2 aliphatic heterocycles. The van der Waals surface area contributed by atoms with Gasteiger partial charge < -0.3 is 5.32 Å². The summed E-state index contributed by atoms with van der Waals surface area (Å²) in [7, 11) is 0. The zero-order valence-electron chi connectivity index (χ0n) is 15.7. The van der Waals surface area contributed by atoms with Crippen molar-refractivity contribution in [1.82, 2.24) is 4.90 Å². The van der Waals surface area contributed by atoms with Crippen LogP contribution in [0.15, 0.2) is 65.7 Å². The maximum absolute atomic E-state index is 12.4. The Labute approximate surface area is 172 Å². The standard InChI is InChI=1S/C23H19N3O2S/c27-22-16-8-1-2-9-17(16)23(28)26(22)12-5-13-29-14-20-24-18-10-3-6-15-7-4-11-19(25-20)21(15)18/h1-4,6-11H,5,12-14H2,(H,24,25). The molecule has 3 aromatic rings. The van der Waals surface area contributed by atoms with Crippen LogP contribution in [0.3, 0.4) is 0 Å². The van der Waals surface area contributed by atoms with E-state index in [4.69, 9.17) is 4.99 Å². The van der Waals surface area contributed by atoms with E-state index in [1.165, 1.54) is 10.3 Å². The fraction of sp³-hybridized carbons (Fsp3) is 0.174. The van der Waals surface area contributed by atoms with Crippen LogP contribution < -0.4 is 5.32 Å². The molecule has 6 heteroatoms. The maximum Gasteiger partial charge on any atom is 0.261 e. The number of amides is 2. The van der Waals surface area contributed by atoms with Gasteiger partial charge in [-0.15, -0.1) is 0 Å². The van der Waals surface area contributed by atoms with Crippen LogP contribution in [0, 0.1) is 0 Å². The zero-order chi connectivity index (χ0) is 19.8. The Balaban J connectivity index is 1.16. The van der Waals surface area contributed by atoms with Gasteiger partial charge in [0.1, 0.15) is 5.84 Å². The molecule has 3 aromatic carbocycles. The third-order valence-electron chi connectivity index (χ3n) is 5.20. The molecular formula is C23H19N3O2S. The van der Waals surface area contributed by atoms with E-state index in [2.05, 4.69) is 23.5 Å². The van der Waals surface area contributed by atoms with Crippen molar-refractivity contribution in [2.75, 3.05) is 23.4 Å². The van der Waals surface area contributed by atoms with E-state index in [9.17, 15) is 9.59 Å². The lowest BCUT2D eigenvalue weighted by molar-refractivity contribution is 0.0655. The number of nitrogens with one attached hydrogen (secondary N) is 1. The highest BCUT2D eigenvalue weighted by atomic mass is 32.2. The number of hydrogen-bond donors (Lipinski definition) is 1. The summed E-state index contributed by atoms with van der Waals surface area (Å²) in [6, 6.07) is 19.4. The first-order chi connectivity index (χ1) is 14.2. The van der Waals surface area contributed by atoms with Crippen LogP contribution >= 0.6 is 11.8 Å². The van der Waals surface area contributed by atoms with Gasteiger partial charge >= 0.3 is 0 Å². The maximum atomic E-state index is 12.4. The number of fused-ring (bicyclic) bond motifs is 1. The van der Waals surface area contributed by atoms with Gasteiger partial charge in [-0.05, 0) is 41.8 Å². The molecule has 0 saturated heterocycles. The number of hydrogen-bond acceptors (Lipinski definition) is 5. The summed E-state index contributed by atoms with van der Waals surface area (Å²) < 4.78 is 0. The number of benzene rings is 3.